The Labute approximate surface area is 173 Å². The third-order valence-corrected chi connectivity index (χ3v) is 5.08. The zero-order valence-corrected chi connectivity index (χ0v) is 16.8. The van der Waals surface area contributed by atoms with Crippen molar-refractivity contribution in [2.45, 2.75) is 19.9 Å². The SMILES string of the molecule is CCN1C(=O)NC(c2cccc(OC)c2)C(c2nc(-c3cccc(F)c3)no2)=C1C. The van der Waals surface area contributed by atoms with Gasteiger partial charge in [0.1, 0.15) is 11.6 Å². The van der Waals surface area contributed by atoms with Gasteiger partial charge >= 0.3 is 6.03 Å². The minimum Gasteiger partial charge on any atom is -0.497 e. The molecule has 1 unspecified atom stereocenters. The van der Waals surface area contributed by atoms with Crippen molar-refractivity contribution in [3.8, 4) is 17.1 Å². The van der Waals surface area contributed by atoms with Crippen molar-refractivity contribution in [2.24, 2.45) is 0 Å². The number of amides is 2. The zero-order valence-electron chi connectivity index (χ0n) is 16.8. The molecule has 30 heavy (non-hydrogen) atoms. The lowest BCUT2D eigenvalue weighted by Crippen LogP contribution is -2.45. The average molecular weight is 408 g/mol. The van der Waals surface area contributed by atoms with Gasteiger partial charge in [-0.2, -0.15) is 4.98 Å². The number of nitrogens with zero attached hydrogens (tertiary/aromatic N) is 3. The van der Waals surface area contributed by atoms with Crippen LogP contribution in [0.5, 0.6) is 5.75 Å². The standard InChI is InChI=1S/C22H21FN4O3/c1-4-27-13(2)18(19(24-22(27)28)14-7-6-10-17(12-14)29-3)21-25-20(26-30-21)15-8-5-9-16(23)11-15/h5-12,19H,4H2,1-3H3,(H,24,28). The fraction of sp³-hybridized carbons (Fsp3) is 0.227. The summed E-state index contributed by atoms with van der Waals surface area (Å²) >= 11 is 0. The number of nitrogens with one attached hydrogen (secondary N) is 1. The van der Waals surface area contributed by atoms with Crippen LogP contribution in [0, 0.1) is 5.82 Å². The molecule has 0 radical (unpaired) electrons. The van der Waals surface area contributed by atoms with Gasteiger partial charge in [-0.05, 0) is 43.7 Å². The number of rotatable bonds is 5. The van der Waals surface area contributed by atoms with E-state index in [1.807, 2.05) is 38.1 Å². The summed E-state index contributed by atoms with van der Waals surface area (Å²) < 4.78 is 24.5. The van der Waals surface area contributed by atoms with Crippen molar-refractivity contribution in [3.05, 3.63) is 71.5 Å². The number of benzene rings is 2. The summed E-state index contributed by atoms with van der Waals surface area (Å²) in [4.78, 5) is 18.8. The van der Waals surface area contributed by atoms with E-state index in [1.165, 1.54) is 12.1 Å². The van der Waals surface area contributed by atoms with Gasteiger partial charge in [0, 0.05) is 17.8 Å². The van der Waals surface area contributed by atoms with Gasteiger partial charge in [-0.25, -0.2) is 9.18 Å². The second kappa shape index (κ2) is 7.98. The number of aromatic nitrogens is 2. The van der Waals surface area contributed by atoms with Crippen LogP contribution in [0.2, 0.25) is 0 Å². The smallest absolute Gasteiger partial charge is 0.322 e. The van der Waals surface area contributed by atoms with Crippen LogP contribution in [0.15, 0.2) is 58.8 Å². The number of carbonyl (C=O) groups is 1. The molecule has 0 bridgehead atoms. The highest BCUT2D eigenvalue weighted by atomic mass is 19.1. The molecule has 1 aromatic heterocycles. The van der Waals surface area contributed by atoms with E-state index in [9.17, 15) is 9.18 Å². The number of allylic oxidation sites excluding steroid dienone is 1. The lowest BCUT2D eigenvalue weighted by Gasteiger charge is -2.34. The Morgan fingerprint density at radius 1 is 1.23 bits per heavy atom. The Kier molecular flexibility index (Phi) is 5.22. The summed E-state index contributed by atoms with van der Waals surface area (Å²) in [5.41, 5.74) is 2.72. The van der Waals surface area contributed by atoms with Crippen molar-refractivity contribution >= 4 is 11.6 Å². The molecule has 4 rings (SSSR count). The Morgan fingerprint density at radius 2 is 2.03 bits per heavy atom. The quantitative estimate of drug-likeness (QED) is 0.677. The Bertz CT molecular complexity index is 1120. The van der Waals surface area contributed by atoms with E-state index in [4.69, 9.17) is 9.26 Å². The lowest BCUT2D eigenvalue weighted by molar-refractivity contribution is 0.207. The first kappa shape index (κ1) is 19.6. The molecule has 0 aliphatic carbocycles. The highest BCUT2D eigenvalue weighted by Gasteiger charge is 2.35. The fourth-order valence-corrected chi connectivity index (χ4v) is 3.59. The normalized spacial score (nSPS) is 16.6. The topological polar surface area (TPSA) is 80.5 Å². The van der Waals surface area contributed by atoms with Gasteiger partial charge in [-0.1, -0.05) is 29.4 Å². The fourth-order valence-electron chi connectivity index (χ4n) is 3.59. The van der Waals surface area contributed by atoms with Crippen LogP contribution in [-0.4, -0.2) is 34.7 Å². The van der Waals surface area contributed by atoms with E-state index in [2.05, 4.69) is 15.5 Å². The second-order valence-electron chi connectivity index (χ2n) is 6.84. The van der Waals surface area contributed by atoms with Crippen LogP contribution >= 0.6 is 0 Å². The van der Waals surface area contributed by atoms with E-state index >= 15 is 0 Å². The van der Waals surface area contributed by atoms with Crippen molar-refractivity contribution in [1.29, 1.82) is 0 Å². The Morgan fingerprint density at radius 3 is 2.77 bits per heavy atom. The minimum absolute atomic E-state index is 0.212. The van der Waals surface area contributed by atoms with Crippen LogP contribution in [0.25, 0.3) is 17.0 Å². The summed E-state index contributed by atoms with van der Waals surface area (Å²) in [7, 11) is 1.59. The van der Waals surface area contributed by atoms with Gasteiger partial charge in [-0.15, -0.1) is 0 Å². The number of urea groups is 1. The summed E-state index contributed by atoms with van der Waals surface area (Å²) in [5, 5.41) is 7.03. The molecule has 2 heterocycles. The first-order chi connectivity index (χ1) is 14.5. The predicted octanol–water partition coefficient (Wildman–Crippen LogP) is 4.40. The zero-order chi connectivity index (χ0) is 21.3. The van der Waals surface area contributed by atoms with E-state index in [1.54, 1.807) is 24.1 Å². The minimum atomic E-state index is -0.504. The summed E-state index contributed by atoms with van der Waals surface area (Å²) in [6, 6.07) is 12.7. The number of hydrogen-bond donors (Lipinski definition) is 1. The molecule has 0 fully saturated rings. The molecule has 2 amide bonds. The Balaban J connectivity index is 1.82. The van der Waals surface area contributed by atoms with E-state index < -0.39 is 6.04 Å². The van der Waals surface area contributed by atoms with Gasteiger partial charge in [0.15, 0.2) is 0 Å². The van der Waals surface area contributed by atoms with Crippen molar-refractivity contribution in [2.75, 3.05) is 13.7 Å². The number of carbonyl (C=O) groups excluding carboxylic acids is 1. The summed E-state index contributed by atoms with van der Waals surface area (Å²) in [6.07, 6.45) is 0. The van der Waals surface area contributed by atoms with Gasteiger partial charge in [0.2, 0.25) is 5.82 Å². The number of ether oxygens (including phenoxy) is 1. The molecule has 2 aromatic carbocycles. The highest BCUT2D eigenvalue weighted by Crippen LogP contribution is 2.38. The molecule has 7 nitrogen and oxygen atoms in total. The van der Waals surface area contributed by atoms with Crippen molar-refractivity contribution in [3.63, 3.8) is 0 Å². The highest BCUT2D eigenvalue weighted by molar-refractivity contribution is 5.86. The molecule has 154 valence electrons. The van der Waals surface area contributed by atoms with Crippen LogP contribution in [0.1, 0.15) is 31.3 Å². The molecule has 0 spiro atoms. The van der Waals surface area contributed by atoms with Crippen LogP contribution < -0.4 is 10.1 Å². The maximum Gasteiger partial charge on any atom is 0.322 e. The molecule has 0 saturated carbocycles. The maximum atomic E-state index is 13.6. The maximum absolute atomic E-state index is 13.6. The largest absolute Gasteiger partial charge is 0.497 e. The third-order valence-electron chi connectivity index (χ3n) is 5.08. The summed E-state index contributed by atoms with van der Waals surface area (Å²) in [6.45, 7) is 4.21. The predicted molar refractivity (Wildman–Crippen MR) is 109 cm³/mol. The second-order valence-corrected chi connectivity index (χ2v) is 6.84. The van der Waals surface area contributed by atoms with Gasteiger partial charge in [0.05, 0.1) is 18.7 Å². The molecular weight excluding hydrogens is 387 g/mol. The molecule has 1 aliphatic heterocycles. The summed E-state index contributed by atoms with van der Waals surface area (Å²) in [5.74, 6) is 0.820. The van der Waals surface area contributed by atoms with Gasteiger partial charge < -0.3 is 14.6 Å². The van der Waals surface area contributed by atoms with E-state index in [0.717, 1.165) is 5.56 Å². The van der Waals surface area contributed by atoms with Gasteiger partial charge in [-0.3, -0.25) is 4.90 Å². The average Bonchev–Trinajstić information content (AvgIpc) is 3.23. The molecular formula is C22H21FN4O3. The molecule has 1 aliphatic rings. The first-order valence-electron chi connectivity index (χ1n) is 9.54. The molecule has 0 saturated heterocycles. The first-order valence-corrected chi connectivity index (χ1v) is 9.54. The van der Waals surface area contributed by atoms with Crippen LogP contribution in [0.3, 0.4) is 0 Å². The Hall–Kier alpha value is -3.68. The third kappa shape index (κ3) is 3.52. The van der Waals surface area contributed by atoms with E-state index in [0.29, 0.717) is 29.1 Å². The van der Waals surface area contributed by atoms with Crippen molar-refractivity contribution < 1.29 is 18.4 Å². The number of hydrogen-bond acceptors (Lipinski definition) is 5. The number of methoxy groups -OCH3 is 1. The lowest BCUT2D eigenvalue weighted by atomic mass is 9.94. The van der Waals surface area contributed by atoms with Crippen LogP contribution in [-0.2, 0) is 0 Å². The molecule has 3 aromatic rings. The van der Waals surface area contributed by atoms with Gasteiger partial charge in [0.25, 0.3) is 5.89 Å². The number of halogens is 1. The van der Waals surface area contributed by atoms with Crippen molar-refractivity contribution in [1.82, 2.24) is 20.4 Å². The molecule has 1 atom stereocenters. The van der Waals surface area contributed by atoms with E-state index in [-0.39, 0.29) is 23.6 Å². The molecule has 8 heteroatoms. The van der Waals surface area contributed by atoms with Crippen LogP contribution in [0.4, 0.5) is 9.18 Å². The molecule has 1 N–H and O–H groups in total. The monoisotopic (exact) mass is 408 g/mol.